The first-order valence-electron chi connectivity index (χ1n) is 3.91. The molecule has 2 heteroatoms. The summed E-state index contributed by atoms with van der Waals surface area (Å²) in [6.07, 6.45) is 4.84. The first-order valence-corrected chi connectivity index (χ1v) is 6.54. The van der Waals surface area contributed by atoms with Crippen LogP contribution in [0.3, 0.4) is 0 Å². The molecule has 0 aliphatic carbocycles. The number of hydrogen-bond acceptors (Lipinski definition) is 2. The summed E-state index contributed by atoms with van der Waals surface area (Å²) in [6, 6.07) is 0. The van der Waals surface area contributed by atoms with Crippen molar-refractivity contribution in [2.45, 2.75) is 38.9 Å². The van der Waals surface area contributed by atoms with Gasteiger partial charge in [-0.1, -0.05) is 48.8 Å². The van der Waals surface area contributed by atoms with E-state index in [1.54, 1.807) is 0 Å². The van der Waals surface area contributed by atoms with Crippen LogP contribution in [0.4, 0.5) is 0 Å². The Balaban J connectivity index is 3.50. The van der Waals surface area contributed by atoms with E-state index in [4.69, 9.17) is 0 Å². The molecule has 0 aromatic rings. The van der Waals surface area contributed by atoms with Crippen molar-refractivity contribution in [2.75, 3.05) is 6.26 Å². The second kappa shape index (κ2) is 6.41. The third-order valence-electron chi connectivity index (χ3n) is 1.54. The van der Waals surface area contributed by atoms with E-state index in [9.17, 15) is 0 Å². The van der Waals surface area contributed by atoms with Gasteiger partial charge in [0, 0.05) is 5.25 Å². The highest BCUT2D eigenvalue weighted by atomic mass is 33.1. The third-order valence-corrected chi connectivity index (χ3v) is 4.08. The summed E-state index contributed by atoms with van der Waals surface area (Å²) in [7, 11) is 3.92. The Hall–Kier alpha value is 0.700. The van der Waals surface area contributed by atoms with Crippen LogP contribution in [-0.2, 0) is 0 Å². The lowest BCUT2D eigenvalue weighted by Crippen LogP contribution is -2.08. The van der Waals surface area contributed by atoms with Gasteiger partial charge < -0.3 is 0 Å². The van der Waals surface area contributed by atoms with E-state index in [0.717, 1.165) is 11.2 Å². The fraction of sp³-hybridized carbons (Fsp3) is 1.00. The van der Waals surface area contributed by atoms with Gasteiger partial charge in [0.05, 0.1) is 0 Å². The van der Waals surface area contributed by atoms with Crippen LogP contribution in [0.15, 0.2) is 0 Å². The summed E-state index contributed by atoms with van der Waals surface area (Å²) < 4.78 is 0. The van der Waals surface area contributed by atoms with E-state index in [-0.39, 0.29) is 0 Å². The van der Waals surface area contributed by atoms with Crippen molar-refractivity contribution in [1.82, 2.24) is 0 Å². The van der Waals surface area contributed by atoms with Gasteiger partial charge in [-0.05, 0) is 18.6 Å². The molecule has 0 rings (SSSR count). The van der Waals surface area contributed by atoms with E-state index in [1.807, 2.05) is 21.6 Å². The fourth-order valence-corrected chi connectivity index (χ4v) is 3.40. The molecule has 0 saturated heterocycles. The average Bonchev–Trinajstić information content (AvgIpc) is 1.87. The van der Waals surface area contributed by atoms with Crippen LogP contribution < -0.4 is 0 Å². The van der Waals surface area contributed by atoms with Gasteiger partial charge in [0.2, 0.25) is 0 Å². The normalized spacial score (nSPS) is 14.1. The topological polar surface area (TPSA) is 0 Å². The van der Waals surface area contributed by atoms with Crippen LogP contribution >= 0.6 is 21.6 Å². The number of hydrogen-bond donors (Lipinski definition) is 0. The zero-order valence-electron chi connectivity index (χ0n) is 7.39. The minimum absolute atomic E-state index is 0.831. The Morgan fingerprint density at radius 2 is 1.90 bits per heavy atom. The Bertz CT molecular complexity index is 65.7. The maximum Gasteiger partial charge on any atom is 0.0174 e. The van der Waals surface area contributed by atoms with Crippen molar-refractivity contribution >= 4 is 21.6 Å². The Kier molecular flexibility index (Phi) is 6.86. The molecule has 0 saturated carbocycles. The fourth-order valence-electron chi connectivity index (χ4n) is 0.901. The second-order valence-corrected chi connectivity index (χ2v) is 5.54. The first kappa shape index (κ1) is 10.7. The summed E-state index contributed by atoms with van der Waals surface area (Å²) in [5.41, 5.74) is 0. The van der Waals surface area contributed by atoms with Crippen LogP contribution in [0.25, 0.3) is 0 Å². The second-order valence-electron chi connectivity index (χ2n) is 2.83. The Morgan fingerprint density at radius 3 is 2.20 bits per heavy atom. The molecule has 0 amide bonds. The molecule has 0 aliphatic heterocycles. The van der Waals surface area contributed by atoms with Gasteiger partial charge >= 0.3 is 0 Å². The summed E-state index contributed by atoms with van der Waals surface area (Å²) in [6.45, 7) is 6.88. The average molecular weight is 178 g/mol. The first-order chi connectivity index (χ1) is 4.72. The van der Waals surface area contributed by atoms with Gasteiger partial charge in [0.25, 0.3) is 0 Å². The molecular weight excluding hydrogens is 160 g/mol. The quantitative estimate of drug-likeness (QED) is 0.587. The molecule has 1 atom stereocenters. The van der Waals surface area contributed by atoms with Crippen LogP contribution in [0.2, 0.25) is 0 Å². The van der Waals surface area contributed by atoms with Crippen molar-refractivity contribution in [3.8, 4) is 0 Å². The molecule has 0 spiro atoms. The molecule has 0 aromatic heterocycles. The number of rotatable bonds is 5. The maximum absolute atomic E-state index is 2.31. The van der Waals surface area contributed by atoms with Crippen molar-refractivity contribution in [3.05, 3.63) is 0 Å². The van der Waals surface area contributed by atoms with E-state index in [2.05, 4.69) is 27.0 Å². The van der Waals surface area contributed by atoms with Crippen molar-refractivity contribution < 1.29 is 0 Å². The minimum Gasteiger partial charge on any atom is -0.0973 e. The van der Waals surface area contributed by atoms with Crippen LogP contribution in [-0.4, -0.2) is 11.5 Å². The molecule has 0 fully saturated rings. The summed E-state index contributed by atoms with van der Waals surface area (Å²) in [5, 5.41) is 0.861. The standard InChI is InChI=1S/C8H18S2/c1-5-6-8(7(2)3)10-9-4/h7-8H,5-6H2,1-4H3/t8-/m0/s1. The van der Waals surface area contributed by atoms with E-state index < -0.39 is 0 Å². The van der Waals surface area contributed by atoms with E-state index in [1.165, 1.54) is 12.8 Å². The Labute approximate surface area is 72.9 Å². The lowest BCUT2D eigenvalue weighted by Gasteiger charge is -2.17. The molecule has 62 valence electrons. The molecule has 0 aliphatic rings. The van der Waals surface area contributed by atoms with Crippen LogP contribution in [0.1, 0.15) is 33.6 Å². The van der Waals surface area contributed by atoms with Crippen molar-refractivity contribution in [3.63, 3.8) is 0 Å². The van der Waals surface area contributed by atoms with Gasteiger partial charge in [-0.25, -0.2) is 0 Å². The van der Waals surface area contributed by atoms with Gasteiger partial charge in [0.15, 0.2) is 0 Å². The molecule has 0 bridgehead atoms. The highest BCUT2D eigenvalue weighted by Gasteiger charge is 2.11. The molecule has 0 N–H and O–H groups in total. The summed E-state index contributed by atoms with van der Waals surface area (Å²) in [5.74, 6) is 0.831. The van der Waals surface area contributed by atoms with Crippen LogP contribution in [0, 0.1) is 5.92 Å². The molecule has 0 unspecified atom stereocenters. The highest BCUT2D eigenvalue weighted by Crippen LogP contribution is 2.31. The van der Waals surface area contributed by atoms with E-state index >= 15 is 0 Å². The van der Waals surface area contributed by atoms with Crippen LogP contribution in [0.5, 0.6) is 0 Å². The van der Waals surface area contributed by atoms with Gasteiger partial charge in [-0.3, -0.25) is 0 Å². The SMILES string of the molecule is CCC[C@H](SSC)C(C)C. The third kappa shape index (κ3) is 4.51. The predicted octanol–water partition coefficient (Wildman–Crippen LogP) is 3.82. The summed E-state index contributed by atoms with van der Waals surface area (Å²) in [4.78, 5) is 0. The maximum atomic E-state index is 2.31. The smallest absolute Gasteiger partial charge is 0.0174 e. The molecular formula is C8H18S2. The molecule has 0 aromatic carbocycles. The molecule has 0 radical (unpaired) electrons. The Morgan fingerprint density at radius 1 is 1.30 bits per heavy atom. The highest BCUT2D eigenvalue weighted by molar-refractivity contribution is 8.76. The lowest BCUT2D eigenvalue weighted by molar-refractivity contribution is 0.569. The zero-order chi connectivity index (χ0) is 7.98. The lowest BCUT2D eigenvalue weighted by atomic mass is 10.1. The van der Waals surface area contributed by atoms with Gasteiger partial charge in [-0.15, -0.1) is 0 Å². The predicted molar refractivity (Wildman–Crippen MR) is 54.6 cm³/mol. The van der Waals surface area contributed by atoms with Gasteiger partial charge in [0.1, 0.15) is 0 Å². The molecule has 0 heterocycles. The zero-order valence-corrected chi connectivity index (χ0v) is 9.02. The largest absolute Gasteiger partial charge is 0.0973 e. The monoisotopic (exact) mass is 178 g/mol. The van der Waals surface area contributed by atoms with Gasteiger partial charge in [-0.2, -0.15) is 0 Å². The minimum atomic E-state index is 0.831. The van der Waals surface area contributed by atoms with Crippen molar-refractivity contribution in [1.29, 1.82) is 0 Å². The molecule has 10 heavy (non-hydrogen) atoms. The molecule has 0 nitrogen and oxygen atoms in total. The van der Waals surface area contributed by atoms with E-state index in [0.29, 0.717) is 0 Å². The summed E-state index contributed by atoms with van der Waals surface area (Å²) >= 11 is 0. The van der Waals surface area contributed by atoms with Crippen molar-refractivity contribution in [2.24, 2.45) is 5.92 Å².